The SMILES string of the molecule is Cc1ccc(C(=O)Oc2ccc(OC(=O)c3ccc(O)cc3)cc2C(C)(C)C)cc1. The van der Waals surface area contributed by atoms with Crippen LogP contribution in [0.4, 0.5) is 0 Å². The zero-order valence-corrected chi connectivity index (χ0v) is 17.4. The van der Waals surface area contributed by atoms with Crippen molar-refractivity contribution in [3.8, 4) is 17.2 Å². The summed E-state index contributed by atoms with van der Waals surface area (Å²) in [5.74, 6) is -0.166. The first kappa shape index (κ1) is 21.1. The van der Waals surface area contributed by atoms with Gasteiger partial charge in [0.15, 0.2) is 0 Å². The topological polar surface area (TPSA) is 72.8 Å². The molecule has 0 saturated heterocycles. The third kappa shape index (κ3) is 5.06. The lowest BCUT2D eigenvalue weighted by Gasteiger charge is -2.23. The van der Waals surface area contributed by atoms with Gasteiger partial charge in [0.1, 0.15) is 17.2 Å². The van der Waals surface area contributed by atoms with Crippen LogP contribution in [0.3, 0.4) is 0 Å². The van der Waals surface area contributed by atoms with Crippen LogP contribution in [0.25, 0.3) is 0 Å². The van der Waals surface area contributed by atoms with Crippen molar-refractivity contribution in [3.63, 3.8) is 0 Å². The molecule has 154 valence electrons. The minimum Gasteiger partial charge on any atom is -0.508 e. The zero-order valence-electron chi connectivity index (χ0n) is 17.4. The van der Waals surface area contributed by atoms with Gasteiger partial charge in [-0.2, -0.15) is 0 Å². The molecular formula is C25H24O5. The van der Waals surface area contributed by atoms with Gasteiger partial charge >= 0.3 is 11.9 Å². The number of ether oxygens (including phenoxy) is 2. The maximum Gasteiger partial charge on any atom is 0.343 e. The van der Waals surface area contributed by atoms with Gasteiger partial charge in [-0.1, -0.05) is 38.5 Å². The molecule has 0 aromatic heterocycles. The van der Waals surface area contributed by atoms with Gasteiger partial charge in [-0.25, -0.2) is 9.59 Å². The Morgan fingerprint density at radius 3 is 1.87 bits per heavy atom. The Hall–Kier alpha value is -3.60. The third-order valence-corrected chi connectivity index (χ3v) is 4.56. The first-order chi connectivity index (χ1) is 14.1. The van der Waals surface area contributed by atoms with Gasteiger partial charge in [0.25, 0.3) is 0 Å². The summed E-state index contributed by atoms with van der Waals surface area (Å²) in [5.41, 5.74) is 2.22. The number of aromatic hydroxyl groups is 1. The molecule has 1 N–H and O–H groups in total. The van der Waals surface area contributed by atoms with E-state index in [2.05, 4.69) is 0 Å². The van der Waals surface area contributed by atoms with Gasteiger partial charge in [-0.15, -0.1) is 0 Å². The number of benzene rings is 3. The quantitative estimate of drug-likeness (QED) is 0.463. The number of rotatable bonds is 4. The Morgan fingerprint density at radius 1 is 0.767 bits per heavy atom. The number of esters is 2. The minimum absolute atomic E-state index is 0.0707. The van der Waals surface area contributed by atoms with Crippen molar-refractivity contribution in [2.24, 2.45) is 0 Å². The van der Waals surface area contributed by atoms with Crippen LogP contribution in [0, 0.1) is 6.92 Å². The van der Waals surface area contributed by atoms with Crippen LogP contribution in [0.15, 0.2) is 66.7 Å². The molecule has 5 heteroatoms. The molecule has 0 bridgehead atoms. The zero-order chi connectivity index (χ0) is 21.9. The van der Waals surface area contributed by atoms with E-state index in [0.29, 0.717) is 22.6 Å². The van der Waals surface area contributed by atoms with Crippen LogP contribution in [0.2, 0.25) is 0 Å². The fourth-order valence-corrected chi connectivity index (χ4v) is 2.86. The molecule has 30 heavy (non-hydrogen) atoms. The molecule has 3 aromatic rings. The molecule has 0 radical (unpaired) electrons. The molecule has 0 fully saturated rings. The molecule has 0 aliphatic rings. The number of phenolic OH excluding ortho intramolecular Hbond substituents is 1. The second-order valence-corrected chi connectivity index (χ2v) is 8.10. The fourth-order valence-electron chi connectivity index (χ4n) is 2.86. The molecule has 3 rings (SSSR count). The van der Waals surface area contributed by atoms with Gasteiger partial charge < -0.3 is 14.6 Å². The molecule has 0 unspecified atom stereocenters. The number of aryl methyl sites for hydroxylation is 1. The van der Waals surface area contributed by atoms with E-state index in [4.69, 9.17) is 9.47 Å². The van der Waals surface area contributed by atoms with Crippen molar-refractivity contribution < 1.29 is 24.2 Å². The van der Waals surface area contributed by atoms with Gasteiger partial charge in [-0.3, -0.25) is 0 Å². The van der Waals surface area contributed by atoms with E-state index < -0.39 is 11.9 Å². The largest absolute Gasteiger partial charge is 0.508 e. The van der Waals surface area contributed by atoms with Crippen molar-refractivity contribution in [1.29, 1.82) is 0 Å². The molecule has 0 aliphatic heterocycles. The summed E-state index contributed by atoms with van der Waals surface area (Å²) >= 11 is 0. The first-order valence-corrected chi connectivity index (χ1v) is 9.58. The summed E-state index contributed by atoms with van der Waals surface area (Å²) in [6.07, 6.45) is 0. The summed E-state index contributed by atoms with van der Waals surface area (Å²) in [6, 6.07) is 17.9. The second kappa shape index (κ2) is 8.41. The van der Waals surface area contributed by atoms with Crippen LogP contribution in [-0.2, 0) is 5.41 Å². The maximum absolute atomic E-state index is 12.6. The lowest BCUT2D eigenvalue weighted by atomic mass is 9.86. The van der Waals surface area contributed by atoms with Crippen molar-refractivity contribution in [2.75, 3.05) is 0 Å². The lowest BCUT2D eigenvalue weighted by molar-refractivity contribution is 0.0716. The number of hydrogen-bond acceptors (Lipinski definition) is 5. The minimum atomic E-state index is -0.542. The van der Waals surface area contributed by atoms with Crippen LogP contribution >= 0.6 is 0 Å². The Labute approximate surface area is 175 Å². The Morgan fingerprint density at radius 2 is 1.30 bits per heavy atom. The van der Waals surface area contributed by atoms with Crippen LogP contribution < -0.4 is 9.47 Å². The normalized spacial score (nSPS) is 11.1. The Bertz CT molecular complexity index is 1060. The lowest BCUT2D eigenvalue weighted by Crippen LogP contribution is -2.17. The summed E-state index contributed by atoms with van der Waals surface area (Å²) < 4.78 is 11.1. The summed E-state index contributed by atoms with van der Waals surface area (Å²) in [5, 5.41) is 9.36. The highest BCUT2D eigenvalue weighted by Crippen LogP contribution is 2.35. The van der Waals surface area contributed by atoms with E-state index in [1.54, 1.807) is 30.3 Å². The molecular weight excluding hydrogens is 380 g/mol. The van der Waals surface area contributed by atoms with E-state index in [1.165, 1.54) is 24.3 Å². The number of phenols is 1. The van der Waals surface area contributed by atoms with Crippen LogP contribution in [0.1, 0.15) is 52.6 Å². The average Bonchev–Trinajstić information content (AvgIpc) is 2.69. The molecule has 0 aliphatic carbocycles. The molecule has 5 nitrogen and oxygen atoms in total. The molecule has 0 spiro atoms. The summed E-state index contributed by atoms with van der Waals surface area (Å²) in [4.78, 5) is 24.9. The molecule has 0 amide bonds. The number of hydrogen-bond donors (Lipinski definition) is 1. The van der Waals surface area contributed by atoms with Gasteiger partial charge in [0.05, 0.1) is 11.1 Å². The van der Waals surface area contributed by atoms with Crippen LogP contribution in [0.5, 0.6) is 17.2 Å². The number of carbonyl (C=O) groups is 2. The van der Waals surface area contributed by atoms with E-state index in [-0.39, 0.29) is 11.2 Å². The monoisotopic (exact) mass is 404 g/mol. The molecule has 3 aromatic carbocycles. The molecule has 0 saturated carbocycles. The first-order valence-electron chi connectivity index (χ1n) is 9.58. The van der Waals surface area contributed by atoms with E-state index >= 15 is 0 Å². The third-order valence-electron chi connectivity index (χ3n) is 4.56. The van der Waals surface area contributed by atoms with Gasteiger partial charge in [-0.05, 0) is 66.9 Å². The highest BCUT2D eigenvalue weighted by Gasteiger charge is 2.23. The average molecular weight is 404 g/mol. The summed E-state index contributed by atoms with van der Waals surface area (Å²) in [6.45, 7) is 7.90. The maximum atomic E-state index is 12.6. The smallest absolute Gasteiger partial charge is 0.343 e. The van der Waals surface area contributed by atoms with Gasteiger partial charge in [0.2, 0.25) is 0 Å². The summed E-state index contributed by atoms with van der Waals surface area (Å²) in [7, 11) is 0. The van der Waals surface area contributed by atoms with Crippen molar-refractivity contribution in [2.45, 2.75) is 33.1 Å². The van der Waals surface area contributed by atoms with E-state index in [1.807, 2.05) is 39.8 Å². The molecule has 0 heterocycles. The highest BCUT2D eigenvalue weighted by atomic mass is 16.5. The standard InChI is InChI=1S/C25H24O5/c1-16-5-7-17(8-6-16)24(28)30-22-14-13-20(15-21(22)25(2,3)4)29-23(27)18-9-11-19(26)12-10-18/h5-15,26H,1-4H3. The Kier molecular flexibility index (Phi) is 5.92. The van der Waals surface area contributed by atoms with E-state index in [9.17, 15) is 14.7 Å². The van der Waals surface area contributed by atoms with Crippen molar-refractivity contribution in [1.82, 2.24) is 0 Å². The molecule has 0 atom stereocenters. The highest BCUT2D eigenvalue weighted by molar-refractivity contribution is 5.92. The predicted molar refractivity (Wildman–Crippen MR) is 114 cm³/mol. The number of carbonyl (C=O) groups excluding carboxylic acids is 2. The van der Waals surface area contributed by atoms with Crippen molar-refractivity contribution in [3.05, 3.63) is 89.0 Å². The fraction of sp³-hybridized carbons (Fsp3) is 0.200. The Balaban J connectivity index is 1.84. The van der Waals surface area contributed by atoms with E-state index in [0.717, 1.165) is 11.1 Å². The van der Waals surface area contributed by atoms with Crippen molar-refractivity contribution >= 4 is 11.9 Å². The van der Waals surface area contributed by atoms with Crippen LogP contribution in [-0.4, -0.2) is 17.0 Å². The predicted octanol–water partition coefficient (Wildman–Crippen LogP) is 5.44. The van der Waals surface area contributed by atoms with Gasteiger partial charge in [0, 0.05) is 5.56 Å². The second-order valence-electron chi connectivity index (χ2n) is 8.10.